The maximum atomic E-state index is 12.7. The summed E-state index contributed by atoms with van der Waals surface area (Å²) in [7, 11) is 0. The minimum Gasteiger partial charge on any atom is -0.408 e. The average Bonchev–Trinajstić information content (AvgIpc) is 2.98. The van der Waals surface area contributed by atoms with Crippen molar-refractivity contribution in [2.24, 2.45) is 0 Å². The highest BCUT2D eigenvalue weighted by Crippen LogP contribution is 2.39. The molecule has 4 rings (SSSR count). The van der Waals surface area contributed by atoms with Crippen molar-refractivity contribution in [3.8, 4) is 0 Å². The van der Waals surface area contributed by atoms with Gasteiger partial charge in [-0.1, -0.05) is 24.3 Å². The lowest BCUT2D eigenvalue weighted by molar-refractivity contribution is 0.0595. The second-order valence-corrected chi connectivity index (χ2v) is 6.34. The number of benzene rings is 2. The minimum atomic E-state index is -0.470. The molecule has 1 aromatic heterocycles. The number of aromatic nitrogens is 1. The number of hydrogen-bond donors (Lipinski definition) is 1. The Hall–Kier alpha value is -2.82. The van der Waals surface area contributed by atoms with E-state index in [2.05, 4.69) is 4.98 Å². The number of rotatable bonds is 2. The number of aromatic amines is 1. The van der Waals surface area contributed by atoms with Crippen molar-refractivity contribution in [2.75, 3.05) is 0 Å². The number of fused-ring (bicyclic) bond motifs is 2. The van der Waals surface area contributed by atoms with Crippen LogP contribution in [0.25, 0.3) is 11.1 Å². The van der Waals surface area contributed by atoms with Crippen molar-refractivity contribution in [3.63, 3.8) is 0 Å². The molecule has 1 aliphatic heterocycles. The molecule has 1 aliphatic rings. The van der Waals surface area contributed by atoms with Crippen LogP contribution in [-0.4, -0.2) is 15.8 Å². The molecule has 0 saturated heterocycles. The topological polar surface area (TPSA) is 66.3 Å². The van der Waals surface area contributed by atoms with Crippen LogP contribution in [0, 0.1) is 0 Å². The van der Waals surface area contributed by atoms with Gasteiger partial charge in [0.25, 0.3) is 5.91 Å². The molecule has 5 nitrogen and oxygen atoms in total. The van der Waals surface area contributed by atoms with E-state index >= 15 is 0 Å². The summed E-state index contributed by atoms with van der Waals surface area (Å²) in [6.07, 6.45) is 0. The van der Waals surface area contributed by atoms with E-state index in [1.807, 2.05) is 49.1 Å². The highest BCUT2D eigenvalue weighted by molar-refractivity contribution is 5.99. The monoisotopic (exact) mass is 308 g/mol. The van der Waals surface area contributed by atoms with E-state index in [1.165, 1.54) is 0 Å². The van der Waals surface area contributed by atoms with Gasteiger partial charge in [-0.2, -0.15) is 0 Å². The Labute approximate surface area is 132 Å². The van der Waals surface area contributed by atoms with E-state index in [1.54, 1.807) is 12.1 Å². The van der Waals surface area contributed by atoms with Crippen LogP contribution in [0.1, 0.15) is 35.3 Å². The first-order chi connectivity index (χ1) is 11.0. The normalized spacial score (nSPS) is 16.1. The molecule has 0 atom stereocenters. The SMILES string of the molecule is CC1(C)c2ccccc2C(=O)N1Cc1ccc2[nH]c(=O)oc2c1. The van der Waals surface area contributed by atoms with Gasteiger partial charge in [-0.3, -0.25) is 9.78 Å². The molecule has 1 amide bonds. The molecular weight excluding hydrogens is 292 g/mol. The summed E-state index contributed by atoms with van der Waals surface area (Å²) in [6, 6.07) is 13.2. The fraction of sp³-hybridized carbons (Fsp3) is 0.222. The van der Waals surface area contributed by atoms with Crippen molar-refractivity contribution in [2.45, 2.75) is 25.9 Å². The number of nitrogens with one attached hydrogen (secondary N) is 1. The van der Waals surface area contributed by atoms with Gasteiger partial charge in [0.1, 0.15) is 0 Å². The van der Waals surface area contributed by atoms with Crippen LogP contribution >= 0.6 is 0 Å². The van der Waals surface area contributed by atoms with Crippen molar-refractivity contribution in [1.82, 2.24) is 9.88 Å². The Balaban J connectivity index is 1.73. The summed E-state index contributed by atoms with van der Waals surface area (Å²) in [5.41, 5.74) is 3.52. The standard InChI is InChI=1S/C18H16N2O3/c1-18(2)13-6-4-3-5-12(13)16(21)20(18)10-11-7-8-14-15(9-11)23-17(22)19-14/h3-9H,10H2,1-2H3,(H,19,22). The molecule has 5 heteroatoms. The Morgan fingerprint density at radius 3 is 2.70 bits per heavy atom. The smallest absolute Gasteiger partial charge is 0.408 e. The third-order valence-electron chi connectivity index (χ3n) is 4.56. The lowest BCUT2D eigenvalue weighted by Crippen LogP contribution is -2.38. The predicted molar refractivity (Wildman–Crippen MR) is 86.2 cm³/mol. The molecule has 3 aromatic rings. The maximum Gasteiger partial charge on any atom is 0.417 e. The predicted octanol–water partition coefficient (Wildman–Crippen LogP) is 3.01. The van der Waals surface area contributed by atoms with Crippen LogP contribution in [-0.2, 0) is 12.1 Å². The second-order valence-electron chi connectivity index (χ2n) is 6.34. The highest BCUT2D eigenvalue weighted by atomic mass is 16.4. The summed E-state index contributed by atoms with van der Waals surface area (Å²) in [5, 5.41) is 0. The van der Waals surface area contributed by atoms with Crippen LogP contribution in [0.5, 0.6) is 0 Å². The number of hydrogen-bond acceptors (Lipinski definition) is 3. The molecular formula is C18H16N2O3. The number of H-pyrrole nitrogens is 1. The second kappa shape index (κ2) is 4.59. The third-order valence-corrected chi connectivity index (χ3v) is 4.56. The zero-order valence-corrected chi connectivity index (χ0v) is 12.9. The van der Waals surface area contributed by atoms with Crippen molar-refractivity contribution in [3.05, 3.63) is 69.7 Å². The summed E-state index contributed by atoms with van der Waals surface area (Å²) in [4.78, 5) is 28.5. The molecule has 0 fully saturated rings. The van der Waals surface area contributed by atoms with Crippen LogP contribution in [0.3, 0.4) is 0 Å². The molecule has 0 aliphatic carbocycles. The molecule has 0 bridgehead atoms. The molecule has 0 spiro atoms. The fourth-order valence-electron chi connectivity index (χ4n) is 3.29. The number of carbonyl (C=O) groups excluding carboxylic acids is 1. The van der Waals surface area contributed by atoms with Crippen molar-refractivity contribution >= 4 is 17.0 Å². The van der Waals surface area contributed by atoms with Gasteiger partial charge in [-0.25, -0.2) is 4.79 Å². The van der Waals surface area contributed by atoms with Crippen molar-refractivity contribution < 1.29 is 9.21 Å². The number of amides is 1. The van der Waals surface area contributed by atoms with E-state index in [-0.39, 0.29) is 11.4 Å². The maximum absolute atomic E-state index is 12.7. The van der Waals surface area contributed by atoms with E-state index in [0.29, 0.717) is 17.6 Å². The lowest BCUT2D eigenvalue weighted by atomic mass is 9.93. The van der Waals surface area contributed by atoms with Gasteiger partial charge in [-0.15, -0.1) is 0 Å². The quantitative estimate of drug-likeness (QED) is 0.791. The van der Waals surface area contributed by atoms with Gasteiger partial charge in [0.05, 0.1) is 11.1 Å². The molecule has 2 heterocycles. The zero-order valence-electron chi connectivity index (χ0n) is 12.9. The van der Waals surface area contributed by atoms with E-state index in [9.17, 15) is 9.59 Å². The number of carbonyl (C=O) groups is 1. The minimum absolute atomic E-state index is 0.0289. The largest absolute Gasteiger partial charge is 0.417 e. The zero-order chi connectivity index (χ0) is 16.2. The summed E-state index contributed by atoms with van der Waals surface area (Å²) in [5.74, 6) is -0.441. The van der Waals surface area contributed by atoms with Gasteiger partial charge in [0, 0.05) is 12.1 Å². The fourth-order valence-corrected chi connectivity index (χ4v) is 3.29. The molecule has 23 heavy (non-hydrogen) atoms. The first-order valence-electron chi connectivity index (χ1n) is 7.50. The Morgan fingerprint density at radius 2 is 1.91 bits per heavy atom. The van der Waals surface area contributed by atoms with Crippen LogP contribution < -0.4 is 5.76 Å². The lowest BCUT2D eigenvalue weighted by Gasteiger charge is -2.32. The summed E-state index contributed by atoms with van der Waals surface area (Å²) in [6.45, 7) is 4.56. The number of oxazole rings is 1. The van der Waals surface area contributed by atoms with Gasteiger partial charge in [-0.05, 0) is 43.2 Å². The van der Waals surface area contributed by atoms with Crippen LogP contribution in [0.4, 0.5) is 0 Å². The number of nitrogens with zero attached hydrogens (tertiary/aromatic N) is 1. The van der Waals surface area contributed by atoms with Crippen LogP contribution in [0.2, 0.25) is 0 Å². The van der Waals surface area contributed by atoms with E-state index in [0.717, 1.165) is 16.7 Å². The molecule has 0 unspecified atom stereocenters. The average molecular weight is 308 g/mol. The van der Waals surface area contributed by atoms with Crippen LogP contribution in [0.15, 0.2) is 51.7 Å². The van der Waals surface area contributed by atoms with Gasteiger partial charge >= 0.3 is 5.76 Å². The molecule has 2 aromatic carbocycles. The third kappa shape index (κ3) is 2.00. The first kappa shape index (κ1) is 13.8. The summed E-state index contributed by atoms with van der Waals surface area (Å²) >= 11 is 0. The van der Waals surface area contributed by atoms with Crippen molar-refractivity contribution in [1.29, 1.82) is 0 Å². The Kier molecular flexibility index (Phi) is 2.75. The first-order valence-corrected chi connectivity index (χ1v) is 7.50. The molecule has 0 radical (unpaired) electrons. The Morgan fingerprint density at radius 1 is 1.13 bits per heavy atom. The van der Waals surface area contributed by atoms with E-state index < -0.39 is 5.76 Å². The summed E-state index contributed by atoms with van der Waals surface area (Å²) < 4.78 is 5.10. The Bertz CT molecular complexity index is 981. The van der Waals surface area contributed by atoms with Gasteiger partial charge in [0.15, 0.2) is 5.58 Å². The molecule has 0 saturated carbocycles. The highest BCUT2D eigenvalue weighted by Gasteiger charge is 2.42. The molecule has 116 valence electrons. The van der Waals surface area contributed by atoms with E-state index in [4.69, 9.17) is 4.42 Å². The van der Waals surface area contributed by atoms with Gasteiger partial charge in [0.2, 0.25) is 0 Å². The molecule has 1 N–H and O–H groups in total. The van der Waals surface area contributed by atoms with Gasteiger partial charge < -0.3 is 9.32 Å².